The van der Waals surface area contributed by atoms with Crippen molar-refractivity contribution in [3.8, 4) is 11.1 Å². The third kappa shape index (κ3) is 5.57. The highest BCUT2D eigenvalue weighted by Crippen LogP contribution is 2.37. The summed E-state index contributed by atoms with van der Waals surface area (Å²) in [5.41, 5.74) is 2.60. The molecule has 6 rings (SSSR count). The summed E-state index contributed by atoms with van der Waals surface area (Å²) in [4.78, 5) is 22.1. The maximum Gasteiger partial charge on any atom is 0.254 e. The van der Waals surface area contributed by atoms with Crippen LogP contribution < -0.4 is 5.32 Å². The molecule has 5 heterocycles. The van der Waals surface area contributed by atoms with Gasteiger partial charge in [-0.2, -0.15) is 4.39 Å². The van der Waals surface area contributed by atoms with Crippen LogP contribution in [0.25, 0.3) is 16.6 Å². The molecule has 3 saturated heterocycles. The summed E-state index contributed by atoms with van der Waals surface area (Å²) in [6, 6.07) is 6.32. The van der Waals surface area contributed by atoms with Crippen molar-refractivity contribution in [2.24, 2.45) is 5.92 Å². The van der Waals surface area contributed by atoms with Gasteiger partial charge in [-0.05, 0) is 62.1 Å². The van der Waals surface area contributed by atoms with Gasteiger partial charge < -0.3 is 24.1 Å². The van der Waals surface area contributed by atoms with E-state index in [1.807, 2.05) is 19.2 Å². The predicted molar refractivity (Wildman–Crippen MR) is 157 cm³/mol. The minimum Gasteiger partial charge on any atom is -0.377 e. The van der Waals surface area contributed by atoms with Crippen molar-refractivity contribution in [3.05, 3.63) is 59.2 Å². The molecule has 42 heavy (non-hydrogen) atoms. The molecule has 3 aromatic rings. The van der Waals surface area contributed by atoms with Crippen molar-refractivity contribution in [3.63, 3.8) is 0 Å². The van der Waals surface area contributed by atoms with E-state index < -0.39 is 11.8 Å². The number of rotatable bonds is 8. The lowest BCUT2D eigenvalue weighted by molar-refractivity contribution is -0.0247. The standard InChI is InChI=1S/C32H41F2N5O3/c1-19(2)29(18-42-25-7-8-35-13-25)37-14-23(15-37)22-11-27(30-31(34)36-21(4)39(30)16-22)26-6-5-24(33)12-28(26)32(40)38-9-10-41-17-20(38)3/h5-6,11-12,16,19-20,23,25,29,35H,7-10,13-15,17-18H2,1-4H3/t20-,25-,29-/m1/s1. The second kappa shape index (κ2) is 12.0. The number of likely N-dealkylation sites (tertiary alicyclic amines) is 1. The van der Waals surface area contributed by atoms with Crippen LogP contribution in [-0.4, -0.2) is 95.8 Å². The molecule has 8 nitrogen and oxygen atoms in total. The number of carbonyl (C=O) groups excluding carboxylic acids is 1. The fourth-order valence-corrected chi connectivity index (χ4v) is 6.59. The van der Waals surface area contributed by atoms with Crippen LogP contribution in [0.5, 0.6) is 0 Å². The molecule has 0 radical (unpaired) electrons. The second-order valence-corrected chi connectivity index (χ2v) is 12.4. The van der Waals surface area contributed by atoms with Gasteiger partial charge in [0.15, 0.2) is 0 Å². The van der Waals surface area contributed by atoms with E-state index in [1.54, 1.807) is 22.3 Å². The maximum atomic E-state index is 15.3. The minimum absolute atomic E-state index is 0.147. The molecular weight excluding hydrogens is 540 g/mol. The molecule has 0 unspecified atom stereocenters. The molecule has 3 aliphatic heterocycles. The Balaban J connectivity index is 1.32. The number of carbonyl (C=O) groups is 1. The molecule has 3 fully saturated rings. The maximum absolute atomic E-state index is 15.3. The molecule has 0 saturated carbocycles. The van der Waals surface area contributed by atoms with Gasteiger partial charge in [-0.15, -0.1) is 0 Å². The molecular formula is C32H41F2N5O3. The van der Waals surface area contributed by atoms with Gasteiger partial charge in [0.05, 0.1) is 37.5 Å². The number of imidazole rings is 1. The van der Waals surface area contributed by atoms with E-state index in [1.165, 1.54) is 12.1 Å². The number of fused-ring (bicyclic) bond motifs is 1. The van der Waals surface area contributed by atoms with Gasteiger partial charge >= 0.3 is 0 Å². The Hall–Kier alpha value is -2.92. The number of ether oxygens (including phenoxy) is 2. The van der Waals surface area contributed by atoms with E-state index >= 15 is 4.39 Å². The van der Waals surface area contributed by atoms with Crippen molar-refractivity contribution in [2.45, 2.75) is 58.2 Å². The zero-order valence-corrected chi connectivity index (χ0v) is 24.9. The number of nitrogens with one attached hydrogen (secondary N) is 1. The molecule has 3 atom stereocenters. The van der Waals surface area contributed by atoms with Gasteiger partial charge in [-0.3, -0.25) is 9.69 Å². The van der Waals surface area contributed by atoms with Crippen LogP contribution in [0.2, 0.25) is 0 Å². The van der Waals surface area contributed by atoms with Gasteiger partial charge in [-0.25, -0.2) is 9.37 Å². The van der Waals surface area contributed by atoms with Crippen LogP contribution >= 0.6 is 0 Å². The number of benzene rings is 1. The Bertz CT molecular complexity index is 1450. The van der Waals surface area contributed by atoms with E-state index in [4.69, 9.17) is 9.47 Å². The molecule has 0 aliphatic carbocycles. The number of pyridine rings is 1. The Labute approximate surface area is 246 Å². The molecule has 3 aliphatic rings. The van der Waals surface area contributed by atoms with Crippen LogP contribution in [0.1, 0.15) is 54.9 Å². The lowest BCUT2D eigenvalue weighted by Crippen LogP contribution is -2.54. The number of hydrogen-bond donors (Lipinski definition) is 1. The number of nitrogens with zero attached hydrogens (tertiary/aromatic N) is 4. The van der Waals surface area contributed by atoms with Crippen molar-refractivity contribution >= 4 is 11.4 Å². The minimum atomic E-state index is -0.606. The molecule has 1 amide bonds. The quantitative estimate of drug-likeness (QED) is 0.429. The third-order valence-corrected chi connectivity index (χ3v) is 9.16. The van der Waals surface area contributed by atoms with Gasteiger partial charge in [0.2, 0.25) is 5.95 Å². The Morgan fingerprint density at radius 1 is 1.21 bits per heavy atom. The largest absolute Gasteiger partial charge is 0.377 e. The SMILES string of the molecule is Cc1nc(F)c2c(-c3ccc(F)cc3C(=O)N3CCOC[C@H]3C)cc(C3CN([C@H](CO[C@@H]4CCNC4)C(C)C)C3)cn12. The van der Waals surface area contributed by atoms with Crippen LogP contribution in [-0.2, 0) is 9.47 Å². The zero-order chi connectivity index (χ0) is 29.5. The summed E-state index contributed by atoms with van der Waals surface area (Å²) < 4.78 is 43.5. The predicted octanol–water partition coefficient (Wildman–Crippen LogP) is 4.25. The van der Waals surface area contributed by atoms with Gasteiger partial charge in [0.1, 0.15) is 17.2 Å². The highest BCUT2D eigenvalue weighted by molar-refractivity contribution is 6.03. The van der Waals surface area contributed by atoms with E-state index in [9.17, 15) is 9.18 Å². The van der Waals surface area contributed by atoms with Crippen LogP contribution in [0.4, 0.5) is 8.78 Å². The highest BCUT2D eigenvalue weighted by atomic mass is 19.1. The average molecular weight is 582 g/mol. The smallest absolute Gasteiger partial charge is 0.254 e. The van der Waals surface area contributed by atoms with Crippen molar-refractivity contribution in [2.75, 3.05) is 52.5 Å². The number of hydrogen-bond acceptors (Lipinski definition) is 6. The molecule has 1 N–H and O–H groups in total. The Morgan fingerprint density at radius 3 is 2.74 bits per heavy atom. The number of amides is 1. The fraction of sp³-hybridized carbons (Fsp3) is 0.562. The number of morpholine rings is 1. The van der Waals surface area contributed by atoms with E-state index in [0.29, 0.717) is 60.8 Å². The van der Waals surface area contributed by atoms with Crippen molar-refractivity contribution in [1.29, 1.82) is 0 Å². The van der Waals surface area contributed by atoms with Gasteiger partial charge in [0, 0.05) is 49.9 Å². The lowest BCUT2D eigenvalue weighted by atomic mass is 9.86. The van der Waals surface area contributed by atoms with Crippen LogP contribution in [0, 0.1) is 24.6 Å². The first-order valence-corrected chi connectivity index (χ1v) is 15.1. The monoisotopic (exact) mass is 581 g/mol. The lowest BCUT2D eigenvalue weighted by Gasteiger charge is -2.46. The number of aryl methyl sites for hydroxylation is 1. The summed E-state index contributed by atoms with van der Waals surface area (Å²) in [5.74, 6) is -0.203. The third-order valence-electron chi connectivity index (χ3n) is 9.16. The first-order chi connectivity index (χ1) is 20.2. The van der Waals surface area contributed by atoms with Crippen LogP contribution in [0.15, 0.2) is 30.5 Å². The zero-order valence-electron chi connectivity index (χ0n) is 24.9. The summed E-state index contributed by atoms with van der Waals surface area (Å²) >= 11 is 0. The van der Waals surface area contributed by atoms with E-state index in [0.717, 1.165) is 38.2 Å². The van der Waals surface area contributed by atoms with Crippen LogP contribution in [0.3, 0.4) is 0 Å². The Morgan fingerprint density at radius 2 is 2.02 bits per heavy atom. The molecule has 2 aromatic heterocycles. The second-order valence-electron chi connectivity index (χ2n) is 12.4. The first-order valence-electron chi connectivity index (χ1n) is 15.1. The molecule has 0 spiro atoms. The van der Waals surface area contributed by atoms with Crippen molar-refractivity contribution < 1.29 is 23.0 Å². The highest BCUT2D eigenvalue weighted by Gasteiger charge is 2.36. The number of aromatic nitrogens is 2. The van der Waals surface area contributed by atoms with E-state index in [2.05, 4.69) is 29.0 Å². The first kappa shape index (κ1) is 29.2. The fourth-order valence-electron chi connectivity index (χ4n) is 6.59. The molecule has 226 valence electrons. The molecule has 0 bridgehead atoms. The topological polar surface area (TPSA) is 71.3 Å². The molecule has 1 aromatic carbocycles. The summed E-state index contributed by atoms with van der Waals surface area (Å²) in [5, 5.41) is 3.36. The summed E-state index contributed by atoms with van der Waals surface area (Å²) in [6.45, 7) is 13.8. The Kier molecular flexibility index (Phi) is 8.33. The number of halogens is 2. The average Bonchev–Trinajstić information content (AvgIpc) is 3.56. The summed E-state index contributed by atoms with van der Waals surface area (Å²) in [7, 11) is 0. The van der Waals surface area contributed by atoms with E-state index in [-0.39, 0.29) is 29.5 Å². The van der Waals surface area contributed by atoms with Gasteiger partial charge in [0.25, 0.3) is 5.91 Å². The summed E-state index contributed by atoms with van der Waals surface area (Å²) in [6.07, 6.45) is 3.29. The normalized spacial score (nSPS) is 22.7. The van der Waals surface area contributed by atoms with Gasteiger partial charge in [-0.1, -0.05) is 19.9 Å². The van der Waals surface area contributed by atoms with Crippen molar-refractivity contribution in [1.82, 2.24) is 24.5 Å². The molecule has 10 heteroatoms.